The molecule has 0 N–H and O–H groups in total. The molecule has 2 aromatic carbocycles. The van der Waals surface area contributed by atoms with Crippen molar-refractivity contribution in [1.29, 1.82) is 0 Å². The summed E-state index contributed by atoms with van der Waals surface area (Å²) >= 11 is 0. The van der Waals surface area contributed by atoms with Crippen LogP contribution in [0.25, 0.3) is 10.9 Å². The normalized spacial score (nSPS) is 10.5. The molecule has 0 atom stereocenters. The number of nitrogens with zero attached hydrogens (tertiary/aromatic N) is 1. The molecular weight excluding hydrogens is 378 g/mol. The van der Waals surface area contributed by atoms with Crippen LogP contribution in [0.1, 0.15) is 19.4 Å². The van der Waals surface area contributed by atoms with Crippen molar-refractivity contribution in [3.8, 4) is 17.2 Å². The molecule has 1 heterocycles. The third kappa shape index (κ3) is 4.92. The molecule has 0 unspecified atom stereocenters. The van der Waals surface area contributed by atoms with Crippen LogP contribution in [0.3, 0.4) is 0 Å². The van der Waals surface area contributed by atoms with Crippen LogP contribution in [-0.4, -0.2) is 17.8 Å². The highest BCUT2D eigenvalue weighted by Gasteiger charge is 2.18. The van der Waals surface area contributed by atoms with Crippen molar-refractivity contribution in [2.75, 3.05) is 13.2 Å². The molecule has 0 spiro atoms. The van der Waals surface area contributed by atoms with E-state index in [1.54, 1.807) is 17.7 Å². The van der Waals surface area contributed by atoms with Crippen molar-refractivity contribution >= 4 is 10.9 Å². The minimum atomic E-state index is -0.267. The lowest BCUT2D eigenvalue weighted by molar-refractivity contribution is 0.303. The summed E-state index contributed by atoms with van der Waals surface area (Å²) in [6, 6.07) is 15.6. The Morgan fingerprint density at radius 2 is 1.73 bits per heavy atom. The molecule has 5 nitrogen and oxygen atoms in total. The standard InChI is InChI=1S/C25H27NO4/c1-5-14-28-24-23(29-15-13-18(2)3)21-12-11-20(16-22(21)26(4)25(24)27)30-17-19-9-7-6-8-10-19/h5-13,16H,1,14-15,17H2,2-4H3. The van der Waals surface area contributed by atoms with E-state index in [0.29, 0.717) is 30.2 Å². The number of aromatic nitrogens is 1. The summed E-state index contributed by atoms with van der Waals surface area (Å²) in [5.74, 6) is 1.29. The van der Waals surface area contributed by atoms with Gasteiger partial charge in [-0.25, -0.2) is 0 Å². The van der Waals surface area contributed by atoms with Crippen LogP contribution in [0.15, 0.2) is 77.6 Å². The topological polar surface area (TPSA) is 49.7 Å². The van der Waals surface area contributed by atoms with Gasteiger partial charge < -0.3 is 18.8 Å². The summed E-state index contributed by atoms with van der Waals surface area (Å²) in [5, 5.41) is 0.783. The maximum atomic E-state index is 13.0. The second-order valence-corrected chi connectivity index (χ2v) is 7.17. The van der Waals surface area contributed by atoms with Crippen LogP contribution in [-0.2, 0) is 13.7 Å². The van der Waals surface area contributed by atoms with Crippen molar-refractivity contribution in [2.45, 2.75) is 20.5 Å². The highest BCUT2D eigenvalue weighted by Crippen LogP contribution is 2.34. The van der Waals surface area contributed by atoms with E-state index in [9.17, 15) is 4.79 Å². The van der Waals surface area contributed by atoms with Crippen molar-refractivity contribution in [3.63, 3.8) is 0 Å². The smallest absolute Gasteiger partial charge is 0.297 e. The molecule has 0 bridgehead atoms. The van der Waals surface area contributed by atoms with Gasteiger partial charge >= 0.3 is 0 Å². The molecule has 0 aliphatic heterocycles. The van der Waals surface area contributed by atoms with Gasteiger partial charge in [0.2, 0.25) is 5.75 Å². The van der Waals surface area contributed by atoms with Gasteiger partial charge in [-0.15, -0.1) is 0 Å². The van der Waals surface area contributed by atoms with Gasteiger partial charge in [0.1, 0.15) is 25.6 Å². The first-order chi connectivity index (χ1) is 14.5. The van der Waals surface area contributed by atoms with Gasteiger partial charge in [0.05, 0.1) is 5.52 Å². The van der Waals surface area contributed by atoms with Crippen molar-refractivity contribution in [2.24, 2.45) is 7.05 Å². The van der Waals surface area contributed by atoms with Crippen molar-refractivity contribution in [3.05, 3.63) is 88.8 Å². The SMILES string of the molecule is C=CCOc1c(OCC=C(C)C)c2ccc(OCc3ccccc3)cc2n(C)c1=O. The second kappa shape index (κ2) is 9.83. The zero-order valence-corrected chi connectivity index (χ0v) is 17.7. The first kappa shape index (κ1) is 21.2. The van der Waals surface area contributed by atoms with E-state index < -0.39 is 0 Å². The summed E-state index contributed by atoms with van der Waals surface area (Å²) in [6.07, 6.45) is 3.56. The van der Waals surface area contributed by atoms with Gasteiger partial charge in [0, 0.05) is 18.5 Å². The highest BCUT2D eigenvalue weighted by molar-refractivity contribution is 5.89. The van der Waals surface area contributed by atoms with E-state index >= 15 is 0 Å². The lowest BCUT2D eigenvalue weighted by Crippen LogP contribution is -2.21. The Bertz CT molecular complexity index is 1110. The van der Waals surface area contributed by atoms with E-state index in [2.05, 4.69) is 6.58 Å². The quantitative estimate of drug-likeness (QED) is 0.469. The maximum Gasteiger partial charge on any atom is 0.297 e. The van der Waals surface area contributed by atoms with E-state index in [0.717, 1.165) is 16.5 Å². The largest absolute Gasteiger partial charge is 0.489 e. The molecule has 0 radical (unpaired) electrons. The van der Waals surface area contributed by atoms with Crippen LogP contribution in [0.4, 0.5) is 0 Å². The van der Waals surface area contributed by atoms with Crippen molar-refractivity contribution < 1.29 is 14.2 Å². The Morgan fingerprint density at radius 1 is 1.00 bits per heavy atom. The van der Waals surface area contributed by atoms with Crippen LogP contribution < -0.4 is 19.8 Å². The van der Waals surface area contributed by atoms with E-state index in [4.69, 9.17) is 14.2 Å². The molecule has 0 aliphatic carbocycles. The highest BCUT2D eigenvalue weighted by atomic mass is 16.5. The van der Waals surface area contributed by atoms with Crippen molar-refractivity contribution in [1.82, 2.24) is 4.57 Å². The number of fused-ring (bicyclic) bond motifs is 1. The first-order valence-corrected chi connectivity index (χ1v) is 9.84. The fourth-order valence-corrected chi connectivity index (χ4v) is 3.00. The predicted octanol–water partition coefficient (Wildman–Crippen LogP) is 5.03. The number of pyridine rings is 1. The number of hydrogen-bond donors (Lipinski definition) is 0. The number of hydrogen-bond acceptors (Lipinski definition) is 4. The number of ether oxygens (including phenoxy) is 3. The van der Waals surface area contributed by atoms with Gasteiger partial charge in [-0.3, -0.25) is 4.79 Å². The average molecular weight is 405 g/mol. The Kier molecular flexibility index (Phi) is 6.96. The molecule has 3 rings (SSSR count). The summed E-state index contributed by atoms with van der Waals surface area (Å²) in [6.45, 7) is 8.67. The number of benzene rings is 2. The number of aryl methyl sites for hydroxylation is 1. The lowest BCUT2D eigenvalue weighted by atomic mass is 10.1. The number of rotatable bonds is 9. The van der Waals surface area contributed by atoms with Crippen LogP contribution >= 0.6 is 0 Å². The second-order valence-electron chi connectivity index (χ2n) is 7.17. The van der Waals surface area contributed by atoms with Crippen LogP contribution in [0, 0.1) is 0 Å². The molecule has 0 fully saturated rings. The van der Waals surface area contributed by atoms with E-state index in [1.807, 2.05) is 68.5 Å². The molecule has 156 valence electrons. The first-order valence-electron chi connectivity index (χ1n) is 9.84. The Hall–Kier alpha value is -3.47. The minimum absolute atomic E-state index is 0.185. The molecule has 0 saturated carbocycles. The van der Waals surface area contributed by atoms with Gasteiger partial charge in [-0.1, -0.05) is 48.6 Å². The molecule has 30 heavy (non-hydrogen) atoms. The van der Waals surface area contributed by atoms with Gasteiger partial charge in [-0.05, 0) is 37.6 Å². The molecule has 5 heteroatoms. The molecule has 0 amide bonds. The minimum Gasteiger partial charge on any atom is -0.489 e. The zero-order chi connectivity index (χ0) is 21.5. The average Bonchev–Trinajstić information content (AvgIpc) is 2.75. The molecular formula is C25H27NO4. The number of allylic oxidation sites excluding steroid dienone is 1. The predicted molar refractivity (Wildman–Crippen MR) is 121 cm³/mol. The third-order valence-electron chi connectivity index (χ3n) is 4.59. The van der Waals surface area contributed by atoms with Gasteiger partial charge in [0.15, 0.2) is 5.75 Å². The summed E-state index contributed by atoms with van der Waals surface area (Å²) in [5.41, 5.74) is 2.65. The maximum absolute atomic E-state index is 13.0. The molecule has 0 saturated heterocycles. The van der Waals surface area contributed by atoms with Crippen LogP contribution in [0.5, 0.6) is 17.2 Å². The van der Waals surface area contributed by atoms with E-state index in [1.165, 1.54) is 0 Å². The lowest BCUT2D eigenvalue weighted by Gasteiger charge is -2.17. The van der Waals surface area contributed by atoms with E-state index in [-0.39, 0.29) is 17.9 Å². The zero-order valence-electron chi connectivity index (χ0n) is 17.7. The summed E-state index contributed by atoms with van der Waals surface area (Å²) in [4.78, 5) is 13.0. The summed E-state index contributed by atoms with van der Waals surface area (Å²) in [7, 11) is 1.71. The molecule has 0 aliphatic rings. The monoisotopic (exact) mass is 405 g/mol. The van der Waals surface area contributed by atoms with Gasteiger partial charge in [-0.2, -0.15) is 0 Å². The van der Waals surface area contributed by atoms with Gasteiger partial charge in [0.25, 0.3) is 5.56 Å². The fourth-order valence-electron chi connectivity index (χ4n) is 3.00. The van der Waals surface area contributed by atoms with Crippen LogP contribution in [0.2, 0.25) is 0 Å². The fraction of sp³-hybridized carbons (Fsp3) is 0.240. The summed E-state index contributed by atoms with van der Waals surface area (Å²) < 4.78 is 19.1. The Balaban J connectivity index is 2.01. The Morgan fingerprint density at radius 3 is 2.43 bits per heavy atom. The molecule has 3 aromatic rings. The third-order valence-corrected chi connectivity index (χ3v) is 4.59. The molecule has 1 aromatic heterocycles. The Labute approximate surface area is 176 Å².